The number of nitrogen functional groups attached to an aromatic ring is 1. The van der Waals surface area contributed by atoms with Gasteiger partial charge in [-0.05, 0) is 12.1 Å². The zero-order chi connectivity index (χ0) is 12.5. The summed E-state index contributed by atoms with van der Waals surface area (Å²) in [7, 11) is 0. The summed E-state index contributed by atoms with van der Waals surface area (Å²) in [4.78, 5) is 19.1. The van der Waals surface area contributed by atoms with Crippen molar-refractivity contribution in [1.29, 1.82) is 0 Å². The summed E-state index contributed by atoms with van der Waals surface area (Å²) in [5.41, 5.74) is 3.59. The molecule has 0 saturated carbocycles. The van der Waals surface area contributed by atoms with Crippen LogP contribution in [-0.4, -0.2) is 19.7 Å². The Morgan fingerprint density at radius 1 is 1.28 bits per heavy atom. The number of aromatic amines is 1. The van der Waals surface area contributed by atoms with Gasteiger partial charge >= 0.3 is 0 Å². The first kappa shape index (κ1) is 10.5. The second-order valence-electron chi connectivity index (χ2n) is 3.69. The lowest BCUT2D eigenvalue weighted by atomic mass is 10.3. The molecule has 1 aromatic carbocycles. The fourth-order valence-electron chi connectivity index (χ4n) is 1.73. The van der Waals surface area contributed by atoms with E-state index in [0.29, 0.717) is 22.7 Å². The van der Waals surface area contributed by atoms with Gasteiger partial charge in [-0.25, -0.2) is 10.8 Å². The number of hydrazine groups is 1. The molecule has 2 heterocycles. The van der Waals surface area contributed by atoms with Gasteiger partial charge in [0.1, 0.15) is 0 Å². The summed E-state index contributed by atoms with van der Waals surface area (Å²) in [5.74, 6) is 5.57. The lowest BCUT2D eigenvalue weighted by Crippen LogP contribution is -2.20. The van der Waals surface area contributed by atoms with Gasteiger partial charge in [-0.1, -0.05) is 18.2 Å². The molecule has 0 aliphatic carbocycles. The molecule has 0 atom stereocenters. The van der Waals surface area contributed by atoms with Crippen LogP contribution in [0.3, 0.4) is 0 Å². The highest BCUT2D eigenvalue weighted by molar-refractivity contribution is 5.75. The average Bonchev–Trinajstić information content (AvgIpc) is 2.84. The highest BCUT2D eigenvalue weighted by Gasteiger charge is 2.09. The van der Waals surface area contributed by atoms with Crippen LogP contribution < -0.4 is 16.8 Å². The number of benzene rings is 1. The maximum atomic E-state index is 12.2. The van der Waals surface area contributed by atoms with Crippen LogP contribution in [-0.2, 0) is 0 Å². The Morgan fingerprint density at radius 3 is 2.78 bits per heavy atom. The first-order valence-electron chi connectivity index (χ1n) is 5.29. The minimum atomic E-state index is -0.295. The van der Waals surface area contributed by atoms with Crippen molar-refractivity contribution in [2.45, 2.75) is 0 Å². The van der Waals surface area contributed by atoms with Crippen molar-refractivity contribution in [2.75, 3.05) is 5.43 Å². The Kier molecular flexibility index (Phi) is 2.31. The summed E-state index contributed by atoms with van der Waals surface area (Å²) >= 11 is 0. The first-order chi connectivity index (χ1) is 8.79. The second-order valence-corrected chi connectivity index (χ2v) is 3.69. The van der Waals surface area contributed by atoms with Crippen LogP contribution >= 0.6 is 0 Å². The number of rotatable bonds is 2. The van der Waals surface area contributed by atoms with Gasteiger partial charge in [0.15, 0.2) is 5.52 Å². The number of H-pyrrole nitrogens is 1. The predicted molar refractivity (Wildman–Crippen MR) is 67.3 cm³/mol. The molecular formula is C11H10N6O. The number of fused-ring (bicyclic) bond motifs is 1. The van der Waals surface area contributed by atoms with Crippen molar-refractivity contribution < 1.29 is 0 Å². The maximum absolute atomic E-state index is 12.2. The minimum Gasteiger partial charge on any atom is -0.322 e. The highest BCUT2D eigenvalue weighted by Crippen LogP contribution is 2.09. The van der Waals surface area contributed by atoms with Crippen LogP contribution in [0.25, 0.3) is 16.7 Å². The lowest BCUT2D eigenvalue weighted by Gasteiger charge is -2.02. The van der Waals surface area contributed by atoms with Crippen molar-refractivity contribution in [3.63, 3.8) is 0 Å². The molecule has 0 unspecified atom stereocenters. The van der Waals surface area contributed by atoms with E-state index in [9.17, 15) is 4.79 Å². The van der Waals surface area contributed by atoms with Crippen molar-refractivity contribution in [3.05, 3.63) is 46.9 Å². The predicted octanol–water partition coefficient (Wildman–Crippen LogP) is 0.394. The summed E-state index contributed by atoms with van der Waals surface area (Å²) in [6, 6.07) is 9.15. The molecule has 0 amide bonds. The van der Waals surface area contributed by atoms with Gasteiger partial charge in [-0.2, -0.15) is 9.78 Å². The molecule has 0 saturated heterocycles. The number of hydrogen-bond acceptors (Lipinski definition) is 5. The van der Waals surface area contributed by atoms with Gasteiger partial charge < -0.3 is 4.98 Å². The van der Waals surface area contributed by atoms with Crippen LogP contribution in [0.4, 0.5) is 5.95 Å². The van der Waals surface area contributed by atoms with Crippen molar-refractivity contribution >= 4 is 17.0 Å². The Morgan fingerprint density at radius 2 is 2.06 bits per heavy atom. The molecule has 0 radical (unpaired) electrons. The first-order valence-corrected chi connectivity index (χ1v) is 5.29. The zero-order valence-corrected chi connectivity index (χ0v) is 9.29. The third kappa shape index (κ3) is 1.54. The van der Waals surface area contributed by atoms with Crippen LogP contribution in [0.1, 0.15) is 0 Å². The van der Waals surface area contributed by atoms with E-state index in [2.05, 4.69) is 20.5 Å². The molecule has 2 aromatic heterocycles. The smallest absolute Gasteiger partial charge is 0.299 e. The number of nitrogens with one attached hydrogen (secondary N) is 2. The van der Waals surface area contributed by atoms with Gasteiger partial charge in [0, 0.05) is 0 Å². The van der Waals surface area contributed by atoms with Crippen LogP contribution in [0, 0.1) is 0 Å². The number of nitrogens with zero attached hydrogens (tertiary/aromatic N) is 3. The molecule has 18 heavy (non-hydrogen) atoms. The molecule has 0 bridgehead atoms. The SMILES string of the molecule is NNc1nc2c(=O)n(-c3ccccc3)ncc2[nH]1. The van der Waals surface area contributed by atoms with Gasteiger partial charge in [0.2, 0.25) is 5.95 Å². The third-order valence-corrected chi connectivity index (χ3v) is 2.57. The number of imidazole rings is 1. The Balaban J connectivity index is 2.27. The Labute approximate surface area is 101 Å². The van der Waals surface area contributed by atoms with E-state index in [1.165, 1.54) is 10.9 Å². The maximum Gasteiger partial charge on any atom is 0.299 e. The van der Waals surface area contributed by atoms with Crippen molar-refractivity contribution in [3.8, 4) is 5.69 Å². The van der Waals surface area contributed by atoms with Gasteiger partial charge in [-0.3, -0.25) is 10.2 Å². The minimum absolute atomic E-state index is 0.293. The summed E-state index contributed by atoms with van der Waals surface area (Å²) in [6.45, 7) is 0. The van der Waals surface area contributed by atoms with Crippen LogP contribution in [0.15, 0.2) is 41.3 Å². The topological polar surface area (TPSA) is 102 Å². The van der Waals surface area contributed by atoms with E-state index in [0.717, 1.165) is 0 Å². The van der Waals surface area contributed by atoms with Crippen molar-refractivity contribution in [1.82, 2.24) is 19.7 Å². The Bertz CT molecular complexity index is 745. The molecule has 0 spiro atoms. The molecule has 3 aromatic rings. The summed E-state index contributed by atoms with van der Waals surface area (Å²) in [5, 5.41) is 4.09. The molecule has 7 heteroatoms. The quantitative estimate of drug-likeness (QED) is 0.446. The number of aromatic nitrogens is 4. The van der Waals surface area contributed by atoms with E-state index in [-0.39, 0.29) is 5.56 Å². The normalized spacial score (nSPS) is 10.7. The summed E-state index contributed by atoms with van der Waals surface area (Å²) < 4.78 is 1.30. The second kappa shape index (κ2) is 3.97. The number of para-hydroxylation sites is 1. The van der Waals surface area contributed by atoms with Crippen LogP contribution in [0.2, 0.25) is 0 Å². The van der Waals surface area contributed by atoms with E-state index in [1.54, 1.807) is 12.1 Å². The fourth-order valence-corrected chi connectivity index (χ4v) is 1.73. The molecule has 90 valence electrons. The Hall–Kier alpha value is -2.67. The molecular weight excluding hydrogens is 232 g/mol. The van der Waals surface area contributed by atoms with E-state index in [1.807, 2.05) is 18.2 Å². The van der Waals surface area contributed by atoms with Gasteiger partial charge in [0.25, 0.3) is 5.56 Å². The standard InChI is InChI=1S/C11H10N6O/c12-16-11-14-8-6-13-17(10(18)9(8)15-11)7-4-2-1-3-5-7/h1-6H,12H2,(H2,14,15,16). The number of hydrogen-bond donors (Lipinski definition) is 3. The van der Waals surface area contributed by atoms with Gasteiger partial charge in [-0.15, -0.1) is 0 Å². The molecule has 0 fully saturated rings. The van der Waals surface area contributed by atoms with Gasteiger partial charge in [0.05, 0.1) is 17.4 Å². The molecule has 0 aliphatic heterocycles. The molecule has 7 nitrogen and oxygen atoms in total. The zero-order valence-electron chi connectivity index (χ0n) is 9.29. The monoisotopic (exact) mass is 242 g/mol. The third-order valence-electron chi connectivity index (χ3n) is 2.57. The molecule has 3 rings (SSSR count). The number of nitrogens with two attached hydrogens (primary N) is 1. The number of anilines is 1. The lowest BCUT2D eigenvalue weighted by molar-refractivity contribution is 0.818. The fraction of sp³-hybridized carbons (Fsp3) is 0. The van der Waals surface area contributed by atoms with E-state index >= 15 is 0 Å². The summed E-state index contributed by atoms with van der Waals surface area (Å²) in [6.07, 6.45) is 1.54. The van der Waals surface area contributed by atoms with Crippen LogP contribution in [0.5, 0.6) is 0 Å². The van der Waals surface area contributed by atoms with E-state index < -0.39 is 0 Å². The molecule has 0 aliphatic rings. The van der Waals surface area contributed by atoms with E-state index in [4.69, 9.17) is 5.84 Å². The average molecular weight is 242 g/mol. The molecule has 4 N–H and O–H groups in total. The largest absolute Gasteiger partial charge is 0.322 e. The van der Waals surface area contributed by atoms with Crippen molar-refractivity contribution in [2.24, 2.45) is 5.84 Å². The highest BCUT2D eigenvalue weighted by atomic mass is 16.1.